The molecule has 2 aromatic rings. The minimum atomic E-state index is -4.54. The molecule has 2 aromatic carbocycles. The Bertz CT molecular complexity index is 639. The Morgan fingerprint density at radius 1 is 0.741 bits per heavy atom. The van der Waals surface area contributed by atoms with E-state index in [9.17, 15) is 9.46 Å². The molecule has 0 bridgehead atoms. The normalized spacial score (nSPS) is 10.2. The molecule has 0 amide bonds. The SMILES string of the molecule is CCCOc1ccc(OP(=O)([O-])Oc2ccc(OCCC)cc2)cc1.[Cl-].[Mg+2]. The molecule has 9 heteroatoms. The van der Waals surface area contributed by atoms with Gasteiger partial charge >= 0.3 is 30.9 Å². The van der Waals surface area contributed by atoms with Gasteiger partial charge in [0, 0.05) is 0 Å². The fourth-order valence-corrected chi connectivity index (χ4v) is 2.71. The fraction of sp³-hybridized carbons (Fsp3) is 0.333. The number of ether oxygens (including phenoxy) is 2. The summed E-state index contributed by atoms with van der Waals surface area (Å²) in [5.41, 5.74) is 0. The van der Waals surface area contributed by atoms with Crippen molar-refractivity contribution in [3.8, 4) is 23.0 Å². The first kappa shape index (κ1) is 25.9. The molecule has 2 rings (SSSR count). The molecule has 0 aromatic heterocycles. The van der Waals surface area contributed by atoms with Crippen LogP contribution in [0.4, 0.5) is 0 Å². The number of phosphoric acid groups is 1. The van der Waals surface area contributed by atoms with Crippen LogP contribution in [0.3, 0.4) is 0 Å². The smallest absolute Gasteiger partial charge is 1.00 e. The summed E-state index contributed by atoms with van der Waals surface area (Å²) in [6.45, 7) is 5.21. The summed E-state index contributed by atoms with van der Waals surface area (Å²) in [5.74, 6) is 1.62. The third kappa shape index (κ3) is 9.58. The zero-order chi connectivity index (χ0) is 18.1. The van der Waals surface area contributed by atoms with Crippen LogP contribution in [0, 0.1) is 0 Å². The van der Waals surface area contributed by atoms with Gasteiger partial charge in [0.05, 0.1) is 13.2 Å². The zero-order valence-electron chi connectivity index (χ0n) is 15.4. The van der Waals surface area contributed by atoms with Crippen LogP contribution in [0.2, 0.25) is 0 Å². The Balaban J connectivity index is 0.00000338. The van der Waals surface area contributed by atoms with Crippen molar-refractivity contribution in [3.05, 3.63) is 48.5 Å². The van der Waals surface area contributed by atoms with Crippen molar-refractivity contribution in [1.29, 1.82) is 0 Å². The van der Waals surface area contributed by atoms with Gasteiger partial charge in [0.25, 0.3) is 0 Å². The molecule has 27 heavy (non-hydrogen) atoms. The van der Waals surface area contributed by atoms with Gasteiger partial charge in [-0.2, -0.15) is 0 Å². The molecule has 0 heterocycles. The van der Waals surface area contributed by atoms with Gasteiger partial charge in [-0.25, -0.2) is 4.57 Å². The molecule has 0 unspecified atom stereocenters. The predicted molar refractivity (Wildman–Crippen MR) is 99.1 cm³/mol. The van der Waals surface area contributed by atoms with E-state index in [-0.39, 0.29) is 47.0 Å². The monoisotopic (exact) mass is 424 g/mol. The van der Waals surface area contributed by atoms with Crippen LogP contribution >= 0.6 is 7.82 Å². The van der Waals surface area contributed by atoms with E-state index in [1.54, 1.807) is 24.3 Å². The molecule has 0 aliphatic carbocycles. The van der Waals surface area contributed by atoms with Gasteiger partial charge in [0.15, 0.2) is 0 Å². The minimum absolute atomic E-state index is 0. The van der Waals surface area contributed by atoms with Gasteiger partial charge in [0.1, 0.15) is 23.0 Å². The van der Waals surface area contributed by atoms with Crippen molar-refractivity contribution in [3.63, 3.8) is 0 Å². The predicted octanol–water partition coefficient (Wildman–Crippen LogP) is 0.814. The summed E-state index contributed by atoms with van der Waals surface area (Å²) in [7, 11) is -4.54. The standard InChI is InChI=1S/C18H23O6P.ClH.Mg/c1-3-13-21-15-5-9-17(10-6-15)23-25(19,20)24-18-11-7-16(8-12-18)22-14-4-2;;/h5-12H,3-4,13-14H2,1-2H3,(H,19,20);1H;/q;;+2/p-2. The summed E-state index contributed by atoms with van der Waals surface area (Å²) in [4.78, 5) is 12.0. The Hall–Kier alpha value is -1.11. The van der Waals surface area contributed by atoms with Gasteiger partial charge < -0.3 is 35.8 Å². The largest absolute Gasteiger partial charge is 2.00 e. The van der Waals surface area contributed by atoms with Crippen molar-refractivity contribution >= 4 is 30.9 Å². The van der Waals surface area contributed by atoms with E-state index in [0.717, 1.165) is 12.8 Å². The van der Waals surface area contributed by atoms with E-state index in [1.807, 2.05) is 13.8 Å². The number of benzene rings is 2. The van der Waals surface area contributed by atoms with E-state index in [2.05, 4.69) is 0 Å². The van der Waals surface area contributed by atoms with Crippen LogP contribution in [0.1, 0.15) is 26.7 Å². The molecular weight excluding hydrogens is 403 g/mol. The van der Waals surface area contributed by atoms with Gasteiger partial charge in [-0.1, -0.05) is 13.8 Å². The average molecular weight is 425 g/mol. The van der Waals surface area contributed by atoms with Gasteiger partial charge in [-0.15, -0.1) is 0 Å². The second kappa shape index (κ2) is 13.1. The zero-order valence-corrected chi connectivity index (χ0v) is 18.5. The molecule has 0 fully saturated rings. The van der Waals surface area contributed by atoms with Crippen molar-refractivity contribution in [2.75, 3.05) is 13.2 Å². The average Bonchev–Trinajstić information content (AvgIpc) is 2.60. The van der Waals surface area contributed by atoms with Crippen molar-refractivity contribution in [2.45, 2.75) is 26.7 Å². The molecule has 6 nitrogen and oxygen atoms in total. The van der Waals surface area contributed by atoms with Crippen molar-refractivity contribution in [2.24, 2.45) is 0 Å². The van der Waals surface area contributed by atoms with Crippen LogP contribution in [0.25, 0.3) is 0 Å². The molecule has 0 saturated carbocycles. The Morgan fingerprint density at radius 3 is 1.33 bits per heavy atom. The Morgan fingerprint density at radius 2 is 1.04 bits per heavy atom. The van der Waals surface area contributed by atoms with E-state index < -0.39 is 7.82 Å². The van der Waals surface area contributed by atoms with E-state index in [0.29, 0.717) is 24.7 Å². The van der Waals surface area contributed by atoms with Crippen LogP contribution in [0.5, 0.6) is 23.0 Å². The minimum Gasteiger partial charge on any atom is -1.00 e. The van der Waals surface area contributed by atoms with Crippen molar-refractivity contribution in [1.82, 2.24) is 0 Å². The molecule has 0 N–H and O–H groups in total. The Labute approximate surface area is 182 Å². The molecule has 0 spiro atoms. The third-order valence-electron chi connectivity index (χ3n) is 3.03. The van der Waals surface area contributed by atoms with Gasteiger partial charge in [0.2, 0.25) is 0 Å². The molecule has 0 aliphatic heterocycles. The number of halogens is 1. The number of hydrogen-bond donors (Lipinski definition) is 0. The van der Waals surface area contributed by atoms with Gasteiger partial charge in [-0.3, -0.25) is 0 Å². The van der Waals surface area contributed by atoms with Crippen molar-refractivity contribution < 1.29 is 40.4 Å². The summed E-state index contributed by atoms with van der Waals surface area (Å²) < 4.78 is 32.8. The molecule has 0 aliphatic rings. The molecule has 0 atom stereocenters. The number of rotatable bonds is 10. The molecule has 0 saturated heterocycles. The summed E-state index contributed by atoms with van der Waals surface area (Å²) in [6, 6.07) is 12.6. The summed E-state index contributed by atoms with van der Waals surface area (Å²) in [5, 5.41) is 0. The van der Waals surface area contributed by atoms with Crippen LogP contribution in [-0.2, 0) is 4.57 Å². The molecule has 144 valence electrons. The first-order valence-corrected chi connectivity index (χ1v) is 9.64. The maximum Gasteiger partial charge on any atom is 2.00 e. The second-order valence-electron chi connectivity index (χ2n) is 5.27. The fourth-order valence-electron chi connectivity index (χ4n) is 1.91. The maximum absolute atomic E-state index is 12.0. The van der Waals surface area contributed by atoms with E-state index in [1.165, 1.54) is 24.3 Å². The van der Waals surface area contributed by atoms with Crippen LogP contribution < -0.4 is 35.8 Å². The van der Waals surface area contributed by atoms with E-state index in [4.69, 9.17) is 18.5 Å². The first-order chi connectivity index (χ1) is 12.0. The summed E-state index contributed by atoms with van der Waals surface area (Å²) >= 11 is 0. The quantitative estimate of drug-likeness (QED) is 0.415. The number of hydrogen-bond acceptors (Lipinski definition) is 6. The Kier molecular flexibility index (Phi) is 12.6. The third-order valence-corrected chi connectivity index (χ3v) is 3.90. The topological polar surface area (TPSA) is 77.1 Å². The molecule has 0 radical (unpaired) electrons. The maximum atomic E-state index is 12.0. The molecular formula is C18H22ClMgO6P. The van der Waals surface area contributed by atoms with Gasteiger partial charge in [-0.05, 0) is 61.4 Å². The summed E-state index contributed by atoms with van der Waals surface area (Å²) in [6.07, 6.45) is 1.79. The van der Waals surface area contributed by atoms with E-state index >= 15 is 0 Å². The number of phosphoric ester groups is 1. The van der Waals surface area contributed by atoms with Crippen LogP contribution in [0.15, 0.2) is 48.5 Å². The second-order valence-corrected chi connectivity index (χ2v) is 6.53. The first-order valence-electron chi connectivity index (χ1n) is 8.18. The van der Waals surface area contributed by atoms with Crippen LogP contribution in [-0.4, -0.2) is 36.3 Å².